The van der Waals surface area contributed by atoms with Gasteiger partial charge >= 0.3 is 0 Å². The SMILES string of the molecule is COCCNS(=O)(=O)c1ccc(CNC(=O)C(C)Cl)cc1. The Morgan fingerprint density at radius 2 is 1.95 bits per heavy atom. The van der Waals surface area contributed by atoms with Crippen molar-refractivity contribution in [1.82, 2.24) is 10.0 Å². The van der Waals surface area contributed by atoms with Crippen molar-refractivity contribution in [2.75, 3.05) is 20.3 Å². The minimum absolute atomic E-state index is 0.166. The Hall–Kier alpha value is -1.15. The van der Waals surface area contributed by atoms with Crippen LogP contribution in [-0.2, 0) is 26.1 Å². The standard InChI is InChI=1S/C13H19ClN2O4S/c1-10(14)13(17)15-9-11-3-5-12(6-4-11)21(18,19)16-7-8-20-2/h3-6,10,16H,7-9H2,1-2H3,(H,15,17). The molecule has 1 rings (SSSR count). The molecule has 1 atom stereocenters. The number of halogens is 1. The Morgan fingerprint density at radius 3 is 2.48 bits per heavy atom. The molecule has 1 aromatic carbocycles. The topological polar surface area (TPSA) is 84.5 Å². The van der Waals surface area contributed by atoms with Gasteiger partial charge in [0, 0.05) is 20.2 Å². The van der Waals surface area contributed by atoms with Crippen LogP contribution in [0.1, 0.15) is 12.5 Å². The second-order valence-electron chi connectivity index (χ2n) is 4.37. The van der Waals surface area contributed by atoms with Gasteiger partial charge in [-0.25, -0.2) is 13.1 Å². The number of rotatable bonds is 8. The Labute approximate surface area is 129 Å². The maximum Gasteiger partial charge on any atom is 0.240 e. The molecular formula is C13H19ClN2O4S. The molecule has 0 saturated carbocycles. The molecule has 0 bridgehead atoms. The van der Waals surface area contributed by atoms with E-state index >= 15 is 0 Å². The van der Waals surface area contributed by atoms with E-state index in [1.807, 2.05) is 0 Å². The van der Waals surface area contributed by atoms with E-state index in [0.29, 0.717) is 13.2 Å². The van der Waals surface area contributed by atoms with E-state index < -0.39 is 15.4 Å². The van der Waals surface area contributed by atoms with Crippen LogP contribution in [0, 0.1) is 0 Å². The fourth-order valence-electron chi connectivity index (χ4n) is 1.48. The van der Waals surface area contributed by atoms with Crippen LogP contribution >= 0.6 is 11.6 Å². The fraction of sp³-hybridized carbons (Fsp3) is 0.462. The van der Waals surface area contributed by atoms with Crippen LogP contribution < -0.4 is 10.0 Å². The van der Waals surface area contributed by atoms with Gasteiger partial charge in [-0.3, -0.25) is 4.79 Å². The van der Waals surface area contributed by atoms with E-state index in [2.05, 4.69) is 10.0 Å². The van der Waals surface area contributed by atoms with Crippen LogP contribution in [0.15, 0.2) is 29.2 Å². The van der Waals surface area contributed by atoms with E-state index in [9.17, 15) is 13.2 Å². The molecule has 0 saturated heterocycles. The molecule has 1 unspecified atom stereocenters. The Kier molecular flexibility index (Phi) is 7.10. The maximum atomic E-state index is 11.9. The number of ether oxygens (including phenoxy) is 1. The molecule has 0 heterocycles. The number of alkyl halides is 1. The second kappa shape index (κ2) is 8.33. The lowest BCUT2D eigenvalue weighted by atomic mass is 10.2. The molecule has 0 aliphatic heterocycles. The number of amides is 1. The molecular weight excluding hydrogens is 316 g/mol. The largest absolute Gasteiger partial charge is 0.383 e. The van der Waals surface area contributed by atoms with E-state index in [4.69, 9.17) is 16.3 Å². The van der Waals surface area contributed by atoms with Gasteiger partial charge in [-0.1, -0.05) is 12.1 Å². The molecule has 8 heteroatoms. The summed E-state index contributed by atoms with van der Waals surface area (Å²) < 4.78 is 31.0. The molecule has 0 radical (unpaired) electrons. The minimum atomic E-state index is -3.53. The number of nitrogens with one attached hydrogen (secondary N) is 2. The lowest BCUT2D eigenvalue weighted by Crippen LogP contribution is -2.29. The van der Waals surface area contributed by atoms with E-state index in [-0.39, 0.29) is 17.3 Å². The van der Waals surface area contributed by atoms with Crippen molar-refractivity contribution in [3.8, 4) is 0 Å². The zero-order chi connectivity index (χ0) is 15.9. The zero-order valence-corrected chi connectivity index (χ0v) is 13.5. The lowest BCUT2D eigenvalue weighted by Gasteiger charge is -2.09. The van der Waals surface area contributed by atoms with Gasteiger partial charge in [0.15, 0.2) is 0 Å². The molecule has 1 amide bonds. The van der Waals surface area contributed by atoms with E-state index in [1.165, 1.54) is 19.2 Å². The predicted molar refractivity (Wildman–Crippen MR) is 80.7 cm³/mol. The van der Waals surface area contributed by atoms with Gasteiger partial charge in [0.05, 0.1) is 11.5 Å². The number of carbonyl (C=O) groups is 1. The summed E-state index contributed by atoms with van der Waals surface area (Å²) in [4.78, 5) is 11.5. The average molecular weight is 335 g/mol. The van der Waals surface area contributed by atoms with E-state index in [1.54, 1.807) is 19.1 Å². The van der Waals surface area contributed by atoms with Gasteiger partial charge in [-0.15, -0.1) is 11.6 Å². The number of sulfonamides is 1. The van der Waals surface area contributed by atoms with Gasteiger partial charge in [-0.2, -0.15) is 0 Å². The Balaban J connectivity index is 2.63. The highest BCUT2D eigenvalue weighted by Gasteiger charge is 2.13. The van der Waals surface area contributed by atoms with Crippen molar-refractivity contribution in [3.63, 3.8) is 0 Å². The van der Waals surface area contributed by atoms with Crippen LogP contribution in [0.25, 0.3) is 0 Å². The number of benzene rings is 1. The van der Waals surface area contributed by atoms with Crippen molar-refractivity contribution < 1.29 is 17.9 Å². The molecule has 118 valence electrons. The smallest absolute Gasteiger partial charge is 0.240 e. The zero-order valence-electron chi connectivity index (χ0n) is 11.9. The molecule has 2 N–H and O–H groups in total. The van der Waals surface area contributed by atoms with Gasteiger partial charge in [0.2, 0.25) is 15.9 Å². The van der Waals surface area contributed by atoms with Crippen LogP contribution in [0.5, 0.6) is 0 Å². The number of hydrogen-bond acceptors (Lipinski definition) is 4. The molecule has 0 aliphatic rings. The quantitative estimate of drug-likeness (QED) is 0.545. The average Bonchev–Trinajstić information content (AvgIpc) is 2.45. The van der Waals surface area contributed by atoms with Crippen LogP contribution in [0.2, 0.25) is 0 Å². The maximum absolute atomic E-state index is 11.9. The Morgan fingerprint density at radius 1 is 1.33 bits per heavy atom. The summed E-state index contributed by atoms with van der Waals surface area (Å²) in [7, 11) is -2.03. The highest BCUT2D eigenvalue weighted by Crippen LogP contribution is 2.10. The summed E-state index contributed by atoms with van der Waals surface area (Å²) >= 11 is 5.63. The lowest BCUT2D eigenvalue weighted by molar-refractivity contribution is -0.120. The number of carbonyl (C=O) groups excluding carboxylic acids is 1. The summed E-state index contributed by atoms with van der Waals surface area (Å²) in [6, 6.07) is 6.26. The minimum Gasteiger partial charge on any atom is -0.383 e. The third-order valence-electron chi connectivity index (χ3n) is 2.66. The van der Waals surface area contributed by atoms with E-state index in [0.717, 1.165) is 5.56 Å². The van der Waals surface area contributed by atoms with Gasteiger partial charge in [0.25, 0.3) is 0 Å². The highest BCUT2D eigenvalue weighted by atomic mass is 35.5. The first-order valence-electron chi connectivity index (χ1n) is 6.36. The monoisotopic (exact) mass is 334 g/mol. The normalized spacial score (nSPS) is 12.9. The second-order valence-corrected chi connectivity index (χ2v) is 6.79. The molecule has 0 aliphatic carbocycles. The summed E-state index contributed by atoms with van der Waals surface area (Å²) in [5.74, 6) is -0.269. The molecule has 1 aromatic rings. The molecule has 6 nitrogen and oxygen atoms in total. The molecule has 0 spiro atoms. The van der Waals surface area contributed by atoms with Gasteiger partial charge < -0.3 is 10.1 Å². The van der Waals surface area contributed by atoms with Crippen molar-refractivity contribution in [2.24, 2.45) is 0 Å². The summed E-state index contributed by atoms with van der Waals surface area (Å²) in [6.07, 6.45) is 0. The first kappa shape index (κ1) is 17.9. The molecule has 0 aromatic heterocycles. The summed E-state index contributed by atoms with van der Waals surface area (Å²) in [5, 5.41) is 2.04. The van der Waals surface area contributed by atoms with Crippen molar-refractivity contribution >= 4 is 27.5 Å². The van der Waals surface area contributed by atoms with Crippen molar-refractivity contribution in [3.05, 3.63) is 29.8 Å². The third-order valence-corrected chi connectivity index (χ3v) is 4.34. The van der Waals surface area contributed by atoms with Crippen LogP contribution in [0.4, 0.5) is 0 Å². The van der Waals surface area contributed by atoms with Crippen LogP contribution in [-0.4, -0.2) is 40.0 Å². The van der Waals surface area contributed by atoms with Crippen molar-refractivity contribution in [1.29, 1.82) is 0 Å². The van der Waals surface area contributed by atoms with Gasteiger partial charge in [-0.05, 0) is 24.6 Å². The Bertz CT molecular complexity index is 558. The molecule has 0 fully saturated rings. The number of methoxy groups -OCH3 is 1. The van der Waals surface area contributed by atoms with Crippen LogP contribution in [0.3, 0.4) is 0 Å². The number of hydrogen-bond donors (Lipinski definition) is 2. The highest BCUT2D eigenvalue weighted by molar-refractivity contribution is 7.89. The summed E-state index contributed by atoms with van der Waals surface area (Å²) in [6.45, 7) is 2.40. The van der Waals surface area contributed by atoms with Gasteiger partial charge in [0.1, 0.15) is 5.38 Å². The first-order chi connectivity index (χ1) is 9.86. The fourth-order valence-corrected chi connectivity index (χ4v) is 2.57. The third kappa shape index (κ3) is 6.01. The molecule has 21 heavy (non-hydrogen) atoms. The van der Waals surface area contributed by atoms with Crippen molar-refractivity contribution in [2.45, 2.75) is 23.7 Å². The first-order valence-corrected chi connectivity index (χ1v) is 8.28. The summed E-state index contributed by atoms with van der Waals surface area (Å²) in [5.41, 5.74) is 0.788. The predicted octanol–water partition coefficient (Wildman–Crippen LogP) is 0.855.